The SMILES string of the molecule is CC/C=C\C/C=C\C/C=C\C/C=C\C/C=C\C/C=C\CCCCCCC(=O)OC(COCCCCCCCCCCC/C=C\C/C=C\C/C=C\CCCCCCC)COP(=O)([O-])OCC[N+](C)(C)C. The van der Waals surface area contributed by atoms with Crippen LogP contribution in [0.15, 0.2) is 109 Å². The molecule has 0 spiro atoms. The molecule has 0 aliphatic rings. The van der Waals surface area contributed by atoms with Crippen LogP contribution < -0.4 is 4.89 Å². The van der Waals surface area contributed by atoms with Crippen molar-refractivity contribution >= 4 is 13.8 Å². The lowest BCUT2D eigenvalue weighted by Crippen LogP contribution is -2.37. The van der Waals surface area contributed by atoms with E-state index in [-0.39, 0.29) is 32.2 Å². The molecular formula is C60H104NO7P. The lowest BCUT2D eigenvalue weighted by molar-refractivity contribution is -0.870. The van der Waals surface area contributed by atoms with Crippen LogP contribution in [0.4, 0.5) is 0 Å². The highest BCUT2D eigenvalue weighted by atomic mass is 31.2. The van der Waals surface area contributed by atoms with Gasteiger partial charge in [0.2, 0.25) is 0 Å². The Morgan fingerprint density at radius 3 is 1.26 bits per heavy atom. The number of allylic oxidation sites excluding steroid dienone is 18. The molecule has 9 heteroatoms. The van der Waals surface area contributed by atoms with Crippen molar-refractivity contribution in [2.24, 2.45) is 0 Å². The Kier molecular flexibility index (Phi) is 49.4. The van der Waals surface area contributed by atoms with Crippen molar-refractivity contribution in [2.45, 2.75) is 213 Å². The van der Waals surface area contributed by atoms with Crippen molar-refractivity contribution in [3.8, 4) is 0 Å². The van der Waals surface area contributed by atoms with Gasteiger partial charge >= 0.3 is 5.97 Å². The standard InChI is InChI=1S/C60H104NO7P/c1-6-8-10-12-14-16-18-20-22-24-26-28-30-32-34-36-38-40-42-44-46-48-50-52-55-65-57-59(58-67-69(63,64)66-56-54-61(3,4)5)68-60(62)53-51-49-47-45-43-41-39-37-35-33-31-29-27-25-23-21-19-17-15-13-11-9-7-2/h9,11,15,17-18,20-21,23-24,26-27,29-30,32-33,35,39,41,59H,6-8,10,12-14,16,19,22,25,28,31,34,36-38,40,42-58H2,1-5H3/b11-9-,17-15-,20-18-,23-21-,26-24-,29-27-,32-30-,35-33-,41-39-. The smallest absolute Gasteiger partial charge is 0.306 e. The number of carbonyl (C=O) groups is 1. The maximum atomic E-state index is 12.8. The van der Waals surface area contributed by atoms with Crippen LogP contribution in [0.3, 0.4) is 0 Å². The fraction of sp³-hybridized carbons (Fsp3) is 0.683. The first-order valence-electron chi connectivity index (χ1n) is 27.6. The Morgan fingerprint density at radius 1 is 0.464 bits per heavy atom. The third kappa shape index (κ3) is 56.0. The molecule has 0 amide bonds. The Hall–Kier alpha value is -2.84. The predicted octanol–water partition coefficient (Wildman–Crippen LogP) is 16.9. The molecule has 8 nitrogen and oxygen atoms in total. The molecule has 0 bridgehead atoms. The van der Waals surface area contributed by atoms with Crippen molar-refractivity contribution < 1.29 is 37.3 Å². The van der Waals surface area contributed by atoms with E-state index in [1.54, 1.807) is 0 Å². The van der Waals surface area contributed by atoms with Gasteiger partial charge in [0.1, 0.15) is 19.3 Å². The molecule has 0 aliphatic carbocycles. The highest BCUT2D eigenvalue weighted by molar-refractivity contribution is 7.45. The summed E-state index contributed by atoms with van der Waals surface area (Å²) in [6.07, 6.45) is 72.6. The topological polar surface area (TPSA) is 94.1 Å². The number of rotatable bonds is 50. The van der Waals surface area contributed by atoms with Crippen molar-refractivity contribution in [1.29, 1.82) is 0 Å². The van der Waals surface area contributed by atoms with Crippen LogP contribution >= 0.6 is 7.82 Å². The molecule has 0 N–H and O–H groups in total. The first-order valence-corrected chi connectivity index (χ1v) is 29.1. The van der Waals surface area contributed by atoms with Gasteiger partial charge in [-0.2, -0.15) is 0 Å². The Balaban J connectivity index is 4.21. The normalized spacial score (nSPS) is 14.3. The molecule has 0 fully saturated rings. The first kappa shape index (κ1) is 66.2. The van der Waals surface area contributed by atoms with Gasteiger partial charge in [-0.15, -0.1) is 0 Å². The number of esters is 1. The van der Waals surface area contributed by atoms with E-state index in [2.05, 4.69) is 123 Å². The van der Waals surface area contributed by atoms with Gasteiger partial charge in [0.05, 0.1) is 34.4 Å². The van der Waals surface area contributed by atoms with Crippen molar-refractivity contribution in [3.63, 3.8) is 0 Å². The molecule has 396 valence electrons. The number of likely N-dealkylation sites (N-methyl/N-ethyl adjacent to an activating group) is 1. The third-order valence-corrected chi connectivity index (χ3v) is 12.3. The molecule has 0 radical (unpaired) electrons. The van der Waals surface area contributed by atoms with E-state index >= 15 is 0 Å². The number of phosphoric ester groups is 1. The Morgan fingerprint density at radius 2 is 0.841 bits per heavy atom. The summed E-state index contributed by atoms with van der Waals surface area (Å²) in [5, 5.41) is 0. The van der Waals surface area contributed by atoms with E-state index in [0.29, 0.717) is 17.6 Å². The van der Waals surface area contributed by atoms with Crippen LogP contribution in [-0.4, -0.2) is 70.7 Å². The average molecular weight is 982 g/mol. The van der Waals surface area contributed by atoms with E-state index in [1.165, 1.54) is 89.9 Å². The second-order valence-electron chi connectivity index (χ2n) is 19.2. The number of ether oxygens (including phenoxy) is 2. The zero-order chi connectivity index (χ0) is 50.5. The van der Waals surface area contributed by atoms with Crippen LogP contribution in [0, 0.1) is 0 Å². The van der Waals surface area contributed by atoms with Crippen LogP contribution in [0.1, 0.15) is 206 Å². The monoisotopic (exact) mass is 982 g/mol. The van der Waals surface area contributed by atoms with Gasteiger partial charge in [0.15, 0.2) is 0 Å². The minimum atomic E-state index is -4.55. The van der Waals surface area contributed by atoms with E-state index in [0.717, 1.165) is 96.3 Å². The van der Waals surface area contributed by atoms with E-state index < -0.39 is 13.9 Å². The summed E-state index contributed by atoms with van der Waals surface area (Å²) in [4.78, 5) is 25.2. The molecule has 2 unspecified atom stereocenters. The van der Waals surface area contributed by atoms with Gasteiger partial charge in [-0.25, -0.2) is 0 Å². The van der Waals surface area contributed by atoms with E-state index in [4.69, 9.17) is 18.5 Å². The summed E-state index contributed by atoms with van der Waals surface area (Å²) < 4.78 is 34.8. The molecule has 0 aliphatic heterocycles. The minimum Gasteiger partial charge on any atom is -0.756 e. The van der Waals surface area contributed by atoms with Gasteiger partial charge in [0.25, 0.3) is 7.82 Å². The van der Waals surface area contributed by atoms with Crippen molar-refractivity contribution in [2.75, 3.05) is 54.1 Å². The highest BCUT2D eigenvalue weighted by Gasteiger charge is 2.20. The zero-order valence-corrected chi connectivity index (χ0v) is 45.9. The van der Waals surface area contributed by atoms with Gasteiger partial charge in [0, 0.05) is 13.0 Å². The molecule has 2 atom stereocenters. The molecule has 0 aromatic rings. The van der Waals surface area contributed by atoms with Gasteiger partial charge in [-0.05, 0) is 103 Å². The maximum Gasteiger partial charge on any atom is 0.306 e. The number of unbranched alkanes of at least 4 members (excludes halogenated alkanes) is 18. The van der Waals surface area contributed by atoms with Crippen LogP contribution in [0.25, 0.3) is 0 Å². The third-order valence-electron chi connectivity index (χ3n) is 11.3. The summed E-state index contributed by atoms with van der Waals surface area (Å²) in [6, 6.07) is 0. The minimum absolute atomic E-state index is 0.0131. The van der Waals surface area contributed by atoms with Crippen LogP contribution in [-0.2, 0) is 27.9 Å². The maximum absolute atomic E-state index is 12.8. The molecular weight excluding hydrogens is 878 g/mol. The number of nitrogens with zero attached hydrogens (tertiary/aromatic N) is 1. The van der Waals surface area contributed by atoms with Gasteiger partial charge in [-0.3, -0.25) is 9.36 Å². The summed E-state index contributed by atoms with van der Waals surface area (Å²) in [5.41, 5.74) is 0. The van der Waals surface area contributed by atoms with Gasteiger partial charge in [-0.1, -0.05) is 207 Å². The lowest BCUT2D eigenvalue weighted by atomic mass is 10.1. The highest BCUT2D eigenvalue weighted by Crippen LogP contribution is 2.38. The molecule has 0 aromatic heterocycles. The molecule has 0 aromatic carbocycles. The number of phosphoric acid groups is 1. The molecule has 0 saturated carbocycles. The summed E-state index contributed by atoms with van der Waals surface area (Å²) in [5.74, 6) is -0.363. The second kappa shape index (κ2) is 51.5. The van der Waals surface area contributed by atoms with E-state index in [9.17, 15) is 14.3 Å². The zero-order valence-electron chi connectivity index (χ0n) is 45.0. The summed E-state index contributed by atoms with van der Waals surface area (Å²) in [6.45, 7) is 5.22. The Bertz CT molecular complexity index is 1470. The molecule has 0 heterocycles. The number of carbonyl (C=O) groups excluding carboxylic acids is 1. The molecule has 0 rings (SSSR count). The number of hydrogen-bond acceptors (Lipinski definition) is 7. The summed E-state index contributed by atoms with van der Waals surface area (Å²) in [7, 11) is 1.32. The quantitative estimate of drug-likeness (QED) is 0.0197. The number of hydrogen-bond donors (Lipinski definition) is 0. The molecule has 69 heavy (non-hydrogen) atoms. The van der Waals surface area contributed by atoms with Crippen LogP contribution in [0.5, 0.6) is 0 Å². The largest absolute Gasteiger partial charge is 0.756 e. The fourth-order valence-corrected chi connectivity index (χ4v) is 7.81. The predicted molar refractivity (Wildman–Crippen MR) is 295 cm³/mol. The first-order chi connectivity index (χ1) is 33.6. The van der Waals surface area contributed by atoms with E-state index in [1.807, 2.05) is 21.1 Å². The number of quaternary nitrogens is 1. The van der Waals surface area contributed by atoms with Gasteiger partial charge < -0.3 is 27.9 Å². The fourth-order valence-electron chi connectivity index (χ4n) is 7.09. The lowest BCUT2D eigenvalue weighted by Gasteiger charge is -2.28. The van der Waals surface area contributed by atoms with Crippen molar-refractivity contribution in [1.82, 2.24) is 0 Å². The Labute approximate surface area is 425 Å². The summed E-state index contributed by atoms with van der Waals surface area (Å²) >= 11 is 0. The van der Waals surface area contributed by atoms with Crippen molar-refractivity contribution in [3.05, 3.63) is 109 Å². The average Bonchev–Trinajstić information content (AvgIpc) is 3.31. The molecule has 0 saturated heterocycles. The van der Waals surface area contributed by atoms with Crippen LogP contribution in [0.2, 0.25) is 0 Å². The second-order valence-corrected chi connectivity index (χ2v) is 20.6.